The van der Waals surface area contributed by atoms with Crippen LogP contribution >= 0.6 is 11.3 Å². The number of hydrogen-bond donors (Lipinski definition) is 1. The molecule has 0 unspecified atom stereocenters. The number of pyridine rings is 1. The molecule has 0 atom stereocenters. The number of carbonyl (C=O) groups is 1. The molecule has 0 aliphatic rings. The zero-order chi connectivity index (χ0) is 19.3. The van der Waals surface area contributed by atoms with E-state index in [2.05, 4.69) is 35.4 Å². The van der Waals surface area contributed by atoms with Gasteiger partial charge in [0.25, 0.3) is 0 Å². The summed E-state index contributed by atoms with van der Waals surface area (Å²) in [6.45, 7) is 2.09. The second-order valence-corrected chi connectivity index (χ2v) is 7.82. The van der Waals surface area contributed by atoms with E-state index in [0.717, 1.165) is 40.3 Å². The lowest BCUT2D eigenvalue weighted by Crippen LogP contribution is -2.11. The lowest BCUT2D eigenvalue weighted by atomic mass is 10.1. The van der Waals surface area contributed by atoms with Gasteiger partial charge in [0.1, 0.15) is 5.01 Å². The molecule has 0 fully saturated rings. The lowest BCUT2D eigenvalue weighted by molar-refractivity contribution is -0.116. The number of aromatic nitrogens is 2. The maximum Gasteiger partial charge on any atom is 0.224 e. The fraction of sp³-hybridized carbons (Fsp3) is 0.174. The molecule has 0 aliphatic carbocycles. The first-order valence-corrected chi connectivity index (χ1v) is 10.2. The summed E-state index contributed by atoms with van der Waals surface area (Å²) >= 11 is 1.69. The third-order valence-electron chi connectivity index (χ3n) is 4.52. The van der Waals surface area contributed by atoms with Gasteiger partial charge in [-0.2, -0.15) is 0 Å². The number of anilines is 1. The number of hydrogen-bond acceptors (Lipinski definition) is 4. The van der Waals surface area contributed by atoms with E-state index >= 15 is 0 Å². The first-order valence-electron chi connectivity index (χ1n) is 9.35. The Hall–Kier alpha value is -3.05. The van der Waals surface area contributed by atoms with Crippen LogP contribution in [0.1, 0.15) is 24.1 Å². The highest BCUT2D eigenvalue weighted by Gasteiger charge is 2.08. The van der Waals surface area contributed by atoms with Crippen molar-refractivity contribution in [1.82, 2.24) is 9.97 Å². The van der Waals surface area contributed by atoms with Crippen LogP contribution in [0.3, 0.4) is 0 Å². The second-order valence-electron chi connectivity index (χ2n) is 6.79. The molecule has 0 saturated carbocycles. The molecule has 140 valence electrons. The minimum Gasteiger partial charge on any atom is -0.326 e. The molecule has 0 bridgehead atoms. The Bertz CT molecular complexity index is 1090. The van der Waals surface area contributed by atoms with E-state index in [4.69, 9.17) is 4.98 Å². The molecule has 4 aromatic rings. The summed E-state index contributed by atoms with van der Waals surface area (Å²) in [6.07, 6.45) is 3.86. The first-order chi connectivity index (χ1) is 13.7. The average Bonchev–Trinajstić information content (AvgIpc) is 3.12. The highest BCUT2D eigenvalue weighted by atomic mass is 32.1. The van der Waals surface area contributed by atoms with Crippen molar-refractivity contribution in [3.63, 3.8) is 0 Å². The standard InChI is InChI=1S/C23H21N3OS/c1-16-8-13-20-21(15-16)28-23(26-20)17-9-11-19(12-10-17)25-22(27)7-4-6-18-5-2-3-14-24-18/h2-3,5,8-15H,4,6-7H2,1H3,(H,25,27). The van der Waals surface area contributed by atoms with Gasteiger partial charge in [0.2, 0.25) is 5.91 Å². The molecule has 2 heterocycles. The fourth-order valence-corrected chi connectivity index (χ4v) is 4.12. The molecular weight excluding hydrogens is 366 g/mol. The van der Waals surface area contributed by atoms with Crippen LogP contribution in [0.5, 0.6) is 0 Å². The van der Waals surface area contributed by atoms with E-state index < -0.39 is 0 Å². The average molecular weight is 388 g/mol. The number of aryl methyl sites for hydroxylation is 2. The number of fused-ring (bicyclic) bond motifs is 1. The summed E-state index contributed by atoms with van der Waals surface area (Å²) < 4.78 is 1.19. The predicted molar refractivity (Wildman–Crippen MR) is 116 cm³/mol. The molecule has 1 N–H and O–H groups in total. The molecule has 2 aromatic carbocycles. The lowest BCUT2D eigenvalue weighted by Gasteiger charge is -2.06. The van der Waals surface area contributed by atoms with Crippen molar-refractivity contribution in [2.24, 2.45) is 0 Å². The van der Waals surface area contributed by atoms with Crippen LogP contribution in [0.15, 0.2) is 66.9 Å². The molecule has 0 spiro atoms. The topological polar surface area (TPSA) is 54.9 Å². The van der Waals surface area contributed by atoms with Gasteiger partial charge in [0.15, 0.2) is 0 Å². The Kier molecular flexibility index (Phi) is 5.44. The zero-order valence-corrected chi connectivity index (χ0v) is 16.5. The van der Waals surface area contributed by atoms with E-state index in [1.54, 1.807) is 17.5 Å². The van der Waals surface area contributed by atoms with E-state index in [-0.39, 0.29) is 5.91 Å². The summed E-state index contributed by atoms with van der Waals surface area (Å²) in [4.78, 5) is 21.2. The molecule has 0 saturated heterocycles. The molecular formula is C23H21N3OS. The summed E-state index contributed by atoms with van der Waals surface area (Å²) in [7, 11) is 0. The molecule has 1 amide bonds. The molecule has 4 nitrogen and oxygen atoms in total. The largest absolute Gasteiger partial charge is 0.326 e. The molecule has 2 aromatic heterocycles. The molecule has 4 rings (SSSR count). The van der Waals surface area contributed by atoms with Crippen molar-refractivity contribution >= 4 is 33.1 Å². The summed E-state index contributed by atoms with van der Waals surface area (Å²) in [6, 6.07) is 20.0. The van der Waals surface area contributed by atoms with E-state index in [1.165, 1.54) is 10.3 Å². The van der Waals surface area contributed by atoms with Gasteiger partial charge in [0.05, 0.1) is 10.2 Å². The van der Waals surface area contributed by atoms with Crippen molar-refractivity contribution in [2.45, 2.75) is 26.2 Å². The predicted octanol–water partition coefficient (Wildman–Crippen LogP) is 5.63. The van der Waals surface area contributed by atoms with Gasteiger partial charge in [-0.05, 0) is 73.9 Å². The Morgan fingerprint density at radius 2 is 1.93 bits per heavy atom. The van der Waals surface area contributed by atoms with Gasteiger partial charge in [0, 0.05) is 29.6 Å². The van der Waals surface area contributed by atoms with Crippen molar-refractivity contribution in [1.29, 1.82) is 0 Å². The van der Waals surface area contributed by atoms with Gasteiger partial charge < -0.3 is 5.32 Å². The zero-order valence-electron chi connectivity index (χ0n) is 15.7. The van der Waals surface area contributed by atoms with Gasteiger partial charge in [-0.15, -0.1) is 11.3 Å². The van der Waals surface area contributed by atoms with Crippen molar-refractivity contribution in [2.75, 3.05) is 5.32 Å². The van der Waals surface area contributed by atoms with Gasteiger partial charge >= 0.3 is 0 Å². The number of nitrogens with one attached hydrogen (secondary N) is 1. The normalized spacial score (nSPS) is 10.9. The summed E-state index contributed by atoms with van der Waals surface area (Å²) in [5, 5.41) is 3.96. The maximum absolute atomic E-state index is 12.2. The molecule has 0 radical (unpaired) electrons. The number of nitrogens with zero attached hydrogens (tertiary/aromatic N) is 2. The van der Waals surface area contributed by atoms with Crippen LogP contribution in [-0.4, -0.2) is 15.9 Å². The van der Waals surface area contributed by atoms with Gasteiger partial charge in [-0.25, -0.2) is 4.98 Å². The molecule has 5 heteroatoms. The highest BCUT2D eigenvalue weighted by Crippen LogP contribution is 2.31. The number of thiazole rings is 1. The monoisotopic (exact) mass is 387 g/mol. The quantitative estimate of drug-likeness (QED) is 0.467. The van der Waals surface area contributed by atoms with Gasteiger partial charge in [-0.1, -0.05) is 12.1 Å². The molecule has 0 aliphatic heterocycles. The van der Waals surface area contributed by atoms with Crippen molar-refractivity contribution < 1.29 is 4.79 Å². The smallest absolute Gasteiger partial charge is 0.224 e. The van der Waals surface area contributed by atoms with Crippen LogP contribution in [0.2, 0.25) is 0 Å². The van der Waals surface area contributed by atoms with Crippen LogP contribution < -0.4 is 5.32 Å². The van der Waals surface area contributed by atoms with Crippen LogP contribution in [0, 0.1) is 6.92 Å². The van der Waals surface area contributed by atoms with E-state index in [1.807, 2.05) is 42.5 Å². The van der Waals surface area contributed by atoms with Gasteiger partial charge in [-0.3, -0.25) is 9.78 Å². The maximum atomic E-state index is 12.2. The van der Waals surface area contributed by atoms with Crippen LogP contribution in [0.4, 0.5) is 5.69 Å². The fourth-order valence-electron chi connectivity index (χ4n) is 3.05. The van der Waals surface area contributed by atoms with Crippen molar-refractivity contribution in [3.05, 3.63) is 78.1 Å². The SMILES string of the molecule is Cc1ccc2nc(-c3ccc(NC(=O)CCCc4ccccn4)cc3)sc2c1. The Balaban J connectivity index is 1.35. The number of benzene rings is 2. The van der Waals surface area contributed by atoms with Crippen LogP contribution in [-0.2, 0) is 11.2 Å². The van der Waals surface area contributed by atoms with Crippen molar-refractivity contribution in [3.8, 4) is 10.6 Å². The summed E-state index contributed by atoms with van der Waals surface area (Å²) in [5.41, 5.74) is 5.15. The van der Waals surface area contributed by atoms with E-state index in [9.17, 15) is 4.79 Å². The van der Waals surface area contributed by atoms with Crippen LogP contribution in [0.25, 0.3) is 20.8 Å². The summed E-state index contributed by atoms with van der Waals surface area (Å²) in [5.74, 6) is 0.0270. The third kappa shape index (κ3) is 4.43. The number of amides is 1. The minimum atomic E-state index is 0.0270. The molecule has 28 heavy (non-hydrogen) atoms. The number of rotatable bonds is 6. The van der Waals surface area contributed by atoms with E-state index in [0.29, 0.717) is 6.42 Å². The third-order valence-corrected chi connectivity index (χ3v) is 5.59. The highest BCUT2D eigenvalue weighted by molar-refractivity contribution is 7.21. The second kappa shape index (κ2) is 8.31. The Morgan fingerprint density at radius 1 is 1.07 bits per heavy atom. The minimum absolute atomic E-state index is 0.0270. The Morgan fingerprint density at radius 3 is 2.71 bits per heavy atom. The number of carbonyl (C=O) groups excluding carboxylic acids is 1. The first kappa shape index (κ1) is 18.3. The Labute approximate surface area is 168 Å².